The number of benzene rings is 2. The van der Waals surface area contributed by atoms with Crippen LogP contribution in [0.15, 0.2) is 72.9 Å². The lowest BCUT2D eigenvalue weighted by molar-refractivity contribution is 0.155. The van der Waals surface area contributed by atoms with Crippen LogP contribution >= 0.6 is 0 Å². The SMILES string of the molecule is c1ccc(-c2ccc(-c3ccc(C4CCC5CCCCC5C4)cc3)cn2)cc1. The Balaban J connectivity index is 1.30. The van der Waals surface area contributed by atoms with Gasteiger partial charge < -0.3 is 0 Å². The molecule has 1 aromatic heterocycles. The summed E-state index contributed by atoms with van der Waals surface area (Å²) in [6.45, 7) is 0. The molecule has 0 N–H and O–H groups in total. The minimum atomic E-state index is 0.770. The van der Waals surface area contributed by atoms with E-state index in [4.69, 9.17) is 0 Å². The van der Waals surface area contributed by atoms with E-state index < -0.39 is 0 Å². The molecule has 142 valence electrons. The minimum absolute atomic E-state index is 0.770. The Kier molecular flexibility index (Phi) is 4.99. The van der Waals surface area contributed by atoms with E-state index in [1.54, 1.807) is 5.56 Å². The van der Waals surface area contributed by atoms with Gasteiger partial charge in [-0.05, 0) is 54.2 Å². The first-order valence-corrected chi connectivity index (χ1v) is 11.0. The first-order chi connectivity index (χ1) is 13.9. The molecule has 0 saturated heterocycles. The summed E-state index contributed by atoms with van der Waals surface area (Å²) in [5.41, 5.74) is 6.21. The van der Waals surface area contributed by atoms with Crippen molar-refractivity contribution >= 4 is 0 Å². The van der Waals surface area contributed by atoms with E-state index >= 15 is 0 Å². The third kappa shape index (κ3) is 3.63. The zero-order chi connectivity index (χ0) is 18.8. The second-order valence-corrected chi connectivity index (χ2v) is 8.73. The average Bonchev–Trinajstić information content (AvgIpc) is 2.80. The van der Waals surface area contributed by atoms with Crippen molar-refractivity contribution in [1.29, 1.82) is 0 Å². The second-order valence-electron chi connectivity index (χ2n) is 8.73. The molecule has 2 saturated carbocycles. The molecule has 3 atom stereocenters. The molecule has 3 aromatic rings. The van der Waals surface area contributed by atoms with Crippen molar-refractivity contribution in [1.82, 2.24) is 4.98 Å². The van der Waals surface area contributed by atoms with Gasteiger partial charge >= 0.3 is 0 Å². The summed E-state index contributed by atoms with van der Waals surface area (Å²) in [5.74, 6) is 2.78. The molecule has 1 heterocycles. The molecular formula is C27H29N. The van der Waals surface area contributed by atoms with Crippen LogP contribution in [0.25, 0.3) is 22.4 Å². The summed E-state index contributed by atoms with van der Waals surface area (Å²) < 4.78 is 0. The lowest BCUT2D eigenvalue weighted by Crippen LogP contribution is -2.26. The maximum Gasteiger partial charge on any atom is 0.0702 e. The van der Waals surface area contributed by atoms with E-state index in [0.29, 0.717) is 0 Å². The van der Waals surface area contributed by atoms with Crippen LogP contribution in [0, 0.1) is 11.8 Å². The highest BCUT2D eigenvalue weighted by molar-refractivity contribution is 5.67. The van der Waals surface area contributed by atoms with E-state index in [-0.39, 0.29) is 0 Å². The van der Waals surface area contributed by atoms with Crippen LogP contribution in [0.4, 0.5) is 0 Å². The Hall–Kier alpha value is -2.41. The predicted octanol–water partition coefficient (Wildman–Crippen LogP) is 7.49. The Morgan fingerprint density at radius 2 is 1.36 bits per heavy atom. The van der Waals surface area contributed by atoms with Crippen LogP contribution in [0.1, 0.15) is 56.4 Å². The van der Waals surface area contributed by atoms with Gasteiger partial charge in [-0.1, -0.05) is 86.3 Å². The van der Waals surface area contributed by atoms with Crippen molar-refractivity contribution < 1.29 is 0 Å². The summed E-state index contributed by atoms with van der Waals surface area (Å²) in [6.07, 6.45) is 12.1. The van der Waals surface area contributed by atoms with Gasteiger partial charge in [0.2, 0.25) is 0 Å². The van der Waals surface area contributed by atoms with Crippen LogP contribution in [-0.2, 0) is 0 Å². The molecule has 0 spiro atoms. The van der Waals surface area contributed by atoms with Crippen LogP contribution in [0.5, 0.6) is 0 Å². The summed E-state index contributed by atoms with van der Waals surface area (Å²) in [4.78, 5) is 4.68. The number of fused-ring (bicyclic) bond motifs is 1. The highest BCUT2D eigenvalue weighted by Crippen LogP contribution is 2.46. The van der Waals surface area contributed by atoms with Gasteiger partial charge in [-0.3, -0.25) is 4.98 Å². The van der Waals surface area contributed by atoms with Crippen LogP contribution in [0.3, 0.4) is 0 Å². The van der Waals surface area contributed by atoms with Gasteiger partial charge in [0.25, 0.3) is 0 Å². The second kappa shape index (κ2) is 7.91. The van der Waals surface area contributed by atoms with Crippen molar-refractivity contribution in [2.45, 2.75) is 50.9 Å². The topological polar surface area (TPSA) is 12.9 Å². The zero-order valence-corrected chi connectivity index (χ0v) is 16.6. The Labute approximate surface area is 168 Å². The highest BCUT2D eigenvalue weighted by atomic mass is 14.7. The molecule has 2 aliphatic carbocycles. The molecule has 28 heavy (non-hydrogen) atoms. The molecule has 0 bridgehead atoms. The number of hydrogen-bond acceptors (Lipinski definition) is 1. The normalized spacial score (nSPS) is 24.5. The van der Waals surface area contributed by atoms with E-state index in [9.17, 15) is 0 Å². The van der Waals surface area contributed by atoms with E-state index in [1.165, 1.54) is 61.6 Å². The van der Waals surface area contributed by atoms with Gasteiger partial charge in [0.05, 0.1) is 5.69 Å². The van der Waals surface area contributed by atoms with Gasteiger partial charge in [-0.25, -0.2) is 0 Å². The Morgan fingerprint density at radius 1 is 0.607 bits per heavy atom. The zero-order valence-electron chi connectivity index (χ0n) is 16.6. The maximum atomic E-state index is 4.68. The first kappa shape index (κ1) is 17.7. The van der Waals surface area contributed by atoms with E-state index in [1.807, 2.05) is 12.3 Å². The average molecular weight is 368 g/mol. The van der Waals surface area contributed by atoms with Gasteiger partial charge in [-0.2, -0.15) is 0 Å². The number of rotatable bonds is 3. The van der Waals surface area contributed by atoms with Gasteiger partial charge in [0.1, 0.15) is 0 Å². The smallest absolute Gasteiger partial charge is 0.0702 e. The third-order valence-corrected chi connectivity index (χ3v) is 7.09. The molecule has 3 unspecified atom stereocenters. The molecule has 0 radical (unpaired) electrons. The number of pyridine rings is 1. The largest absolute Gasteiger partial charge is 0.256 e. The number of nitrogens with zero attached hydrogens (tertiary/aromatic N) is 1. The molecule has 0 amide bonds. The third-order valence-electron chi connectivity index (χ3n) is 7.09. The molecule has 0 aliphatic heterocycles. The molecule has 1 heteroatoms. The maximum absolute atomic E-state index is 4.68. The van der Waals surface area contributed by atoms with Crippen molar-refractivity contribution in [2.24, 2.45) is 11.8 Å². The van der Waals surface area contributed by atoms with Crippen molar-refractivity contribution in [2.75, 3.05) is 0 Å². The van der Waals surface area contributed by atoms with Gasteiger partial charge in [-0.15, -0.1) is 0 Å². The Bertz CT molecular complexity index is 895. The lowest BCUT2D eigenvalue weighted by atomic mass is 9.66. The van der Waals surface area contributed by atoms with Crippen molar-refractivity contribution in [3.63, 3.8) is 0 Å². The van der Waals surface area contributed by atoms with E-state index in [2.05, 4.69) is 65.6 Å². The quantitative estimate of drug-likeness (QED) is 0.467. The molecule has 2 fully saturated rings. The van der Waals surface area contributed by atoms with Crippen molar-refractivity contribution in [3.8, 4) is 22.4 Å². The fraction of sp³-hybridized carbons (Fsp3) is 0.370. The van der Waals surface area contributed by atoms with Crippen molar-refractivity contribution in [3.05, 3.63) is 78.5 Å². The lowest BCUT2D eigenvalue weighted by Gasteiger charge is -2.39. The minimum Gasteiger partial charge on any atom is -0.256 e. The highest BCUT2D eigenvalue weighted by Gasteiger charge is 2.32. The fourth-order valence-corrected chi connectivity index (χ4v) is 5.47. The van der Waals surface area contributed by atoms with Gasteiger partial charge in [0, 0.05) is 17.3 Å². The summed E-state index contributed by atoms with van der Waals surface area (Å²) in [6, 6.07) is 24.0. The van der Waals surface area contributed by atoms with Crippen LogP contribution < -0.4 is 0 Å². The monoisotopic (exact) mass is 367 g/mol. The Morgan fingerprint density at radius 3 is 2.11 bits per heavy atom. The van der Waals surface area contributed by atoms with Gasteiger partial charge in [0.15, 0.2) is 0 Å². The molecule has 1 nitrogen and oxygen atoms in total. The van der Waals surface area contributed by atoms with Crippen LogP contribution in [0.2, 0.25) is 0 Å². The van der Waals surface area contributed by atoms with E-state index in [0.717, 1.165) is 23.4 Å². The molecule has 2 aliphatic rings. The van der Waals surface area contributed by atoms with Crippen LogP contribution in [-0.4, -0.2) is 4.98 Å². The molecular weight excluding hydrogens is 338 g/mol. The summed E-state index contributed by atoms with van der Waals surface area (Å²) in [5, 5.41) is 0. The number of aromatic nitrogens is 1. The molecule has 2 aromatic carbocycles. The first-order valence-electron chi connectivity index (χ1n) is 11.0. The number of hydrogen-bond donors (Lipinski definition) is 0. The molecule has 5 rings (SSSR count). The fourth-order valence-electron chi connectivity index (χ4n) is 5.47. The predicted molar refractivity (Wildman–Crippen MR) is 117 cm³/mol. The standard InChI is InChI=1S/C27H29N/c1-2-7-23(8-3-1)27-17-16-26(19-28-27)22-12-10-21(11-13-22)25-15-14-20-6-4-5-9-24(20)18-25/h1-3,7-8,10-13,16-17,19-20,24-25H,4-6,9,14-15,18H2. The summed E-state index contributed by atoms with van der Waals surface area (Å²) >= 11 is 0. The summed E-state index contributed by atoms with van der Waals surface area (Å²) in [7, 11) is 0.